The van der Waals surface area contributed by atoms with Gasteiger partial charge in [0.25, 0.3) is 0 Å². The molecule has 2 aliphatic rings. The maximum absolute atomic E-state index is 12.7. The number of carbonyl (C=O) groups excluding carboxylic acids is 1. The molecule has 0 aromatic carbocycles. The number of carbonyl (C=O) groups is 1. The Morgan fingerprint density at radius 3 is 2.39 bits per heavy atom. The summed E-state index contributed by atoms with van der Waals surface area (Å²) in [7, 11) is 2.24. The van der Waals surface area contributed by atoms with Crippen molar-refractivity contribution in [2.75, 3.05) is 26.7 Å². The van der Waals surface area contributed by atoms with E-state index < -0.39 is 0 Å². The summed E-state index contributed by atoms with van der Waals surface area (Å²) in [6.07, 6.45) is 6.63. The van der Waals surface area contributed by atoms with Gasteiger partial charge in [0.05, 0.1) is 0 Å². The lowest BCUT2D eigenvalue weighted by Crippen LogP contribution is -2.57. The van der Waals surface area contributed by atoms with Crippen molar-refractivity contribution in [3.8, 4) is 0 Å². The zero-order valence-electron chi connectivity index (χ0n) is 15.3. The number of hydrogen-bond donors (Lipinski definition) is 2. The van der Waals surface area contributed by atoms with Crippen molar-refractivity contribution in [3.63, 3.8) is 0 Å². The molecule has 0 aromatic heterocycles. The fraction of sp³-hybridized carbons (Fsp3) is 0.944. The largest absolute Gasteiger partial charge is 0.396 e. The average Bonchev–Trinajstić information content (AvgIpc) is 2.43. The summed E-state index contributed by atoms with van der Waals surface area (Å²) < 4.78 is 0. The van der Waals surface area contributed by atoms with Crippen LogP contribution in [0.2, 0.25) is 0 Å². The van der Waals surface area contributed by atoms with Crippen molar-refractivity contribution in [1.82, 2.24) is 15.1 Å². The lowest BCUT2D eigenvalue weighted by atomic mass is 9.82. The summed E-state index contributed by atoms with van der Waals surface area (Å²) in [5.74, 6) is 0. The fourth-order valence-electron chi connectivity index (χ4n) is 4.09. The Morgan fingerprint density at radius 1 is 1.26 bits per heavy atom. The van der Waals surface area contributed by atoms with E-state index in [0.29, 0.717) is 31.1 Å². The molecule has 2 aliphatic heterocycles. The van der Waals surface area contributed by atoms with E-state index in [1.165, 1.54) is 19.3 Å². The minimum Gasteiger partial charge on any atom is -0.396 e. The average molecular weight is 325 g/mol. The van der Waals surface area contributed by atoms with Crippen LogP contribution in [0.5, 0.6) is 0 Å². The molecule has 0 radical (unpaired) electrons. The Morgan fingerprint density at radius 2 is 1.87 bits per heavy atom. The minimum atomic E-state index is 0.0426. The van der Waals surface area contributed by atoms with Crippen molar-refractivity contribution in [2.45, 2.75) is 77.4 Å². The van der Waals surface area contributed by atoms with Gasteiger partial charge in [-0.2, -0.15) is 0 Å². The third kappa shape index (κ3) is 5.35. The summed E-state index contributed by atoms with van der Waals surface area (Å²) in [5.41, 5.74) is 0.0656. The number of aliphatic hydroxyl groups is 1. The first-order valence-electron chi connectivity index (χ1n) is 9.18. The Labute approximate surface area is 141 Å². The molecule has 2 bridgehead atoms. The van der Waals surface area contributed by atoms with Crippen LogP contribution in [0.15, 0.2) is 0 Å². The number of nitrogens with one attached hydrogen (secondary N) is 1. The highest BCUT2D eigenvalue weighted by Crippen LogP contribution is 2.32. The van der Waals surface area contributed by atoms with Gasteiger partial charge >= 0.3 is 6.03 Å². The maximum Gasteiger partial charge on any atom is 0.317 e. The Balaban J connectivity index is 1.92. The van der Waals surface area contributed by atoms with E-state index in [1.807, 2.05) is 4.90 Å². The molecule has 0 saturated carbocycles. The number of nitrogens with zero attached hydrogens (tertiary/aromatic N) is 2. The second kappa shape index (κ2) is 7.84. The van der Waals surface area contributed by atoms with E-state index in [-0.39, 0.29) is 18.1 Å². The van der Waals surface area contributed by atoms with Gasteiger partial charge in [0, 0.05) is 37.8 Å². The number of rotatable bonds is 5. The zero-order valence-corrected chi connectivity index (χ0v) is 15.3. The highest BCUT2D eigenvalue weighted by Gasteiger charge is 2.37. The Kier molecular flexibility index (Phi) is 6.32. The molecule has 2 saturated heterocycles. The van der Waals surface area contributed by atoms with Crippen molar-refractivity contribution < 1.29 is 9.90 Å². The lowest BCUT2D eigenvalue weighted by molar-refractivity contribution is 0.0488. The molecule has 2 N–H and O–H groups in total. The number of piperidine rings is 2. The van der Waals surface area contributed by atoms with E-state index in [4.69, 9.17) is 5.11 Å². The molecule has 2 rings (SSSR count). The monoisotopic (exact) mass is 325 g/mol. The molecule has 0 spiro atoms. The van der Waals surface area contributed by atoms with Crippen LogP contribution < -0.4 is 5.32 Å². The first-order chi connectivity index (χ1) is 10.8. The molecule has 2 fully saturated rings. The summed E-state index contributed by atoms with van der Waals surface area (Å²) in [6, 6.07) is 1.59. The molecule has 2 amide bonds. The van der Waals surface area contributed by atoms with E-state index in [2.05, 4.69) is 38.0 Å². The molecule has 23 heavy (non-hydrogen) atoms. The van der Waals surface area contributed by atoms with Gasteiger partial charge in [-0.05, 0) is 44.6 Å². The van der Waals surface area contributed by atoms with Crippen LogP contribution in [-0.4, -0.2) is 65.8 Å². The minimum absolute atomic E-state index is 0.0426. The predicted octanol–water partition coefficient (Wildman–Crippen LogP) is 2.44. The number of hydrogen-bond acceptors (Lipinski definition) is 3. The van der Waals surface area contributed by atoms with Gasteiger partial charge in [0.1, 0.15) is 0 Å². The zero-order chi connectivity index (χ0) is 17.0. The summed E-state index contributed by atoms with van der Waals surface area (Å²) in [4.78, 5) is 17.1. The van der Waals surface area contributed by atoms with Crippen molar-refractivity contribution in [1.29, 1.82) is 0 Å². The van der Waals surface area contributed by atoms with E-state index in [9.17, 15) is 4.79 Å². The second-order valence-corrected chi connectivity index (χ2v) is 8.58. The quantitative estimate of drug-likeness (QED) is 0.816. The SMILES string of the molecule is CN1C2CCCC1CC(NC(=O)N(CCCO)CC(C)(C)C)C2. The van der Waals surface area contributed by atoms with E-state index in [0.717, 1.165) is 19.4 Å². The van der Waals surface area contributed by atoms with Crippen LogP contribution in [-0.2, 0) is 0 Å². The molecule has 2 atom stereocenters. The normalized spacial score (nSPS) is 28.5. The van der Waals surface area contributed by atoms with Crippen molar-refractivity contribution in [3.05, 3.63) is 0 Å². The summed E-state index contributed by atoms with van der Waals surface area (Å²) >= 11 is 0. The fourth-order valence-corrected chi connectivity index (χ4v) is 4.09. The molecule has 2 unspecified atom stereocenters. The van der Waals surface area contributed by atoms with Gasteiger partial charge in [-0.1, -0.05) is 27.2 Å². The molecule has 134 valence electrons. The summed E-state index contributed by atoms with van der Waals surface area (Å²) in [5, 5.41) is 12.4. The number of aliphatic hydroxyl groups excluding tert-OH is 1. The van der Waals surface area contributed by atoms with Crippen LogP contribution in [0.25, 0.3) is 0 Å². The standard InChI is InChI=1S/C18H35N3O2/c1-18(2,3)13-21(9-6-10-22)17(23)19-14-11-15-7-5-8-16(12-14)20(15)4/h14-16,22H,5-13H2,1-4H3,(H,19,23). The molecular weight excluding hydrogens is 290 g/mol. The van der Waals surface area contributed by atoms with Gasteiger partial charge < -0.3 is 20.2 Å². The number of fused-ring (bicyclic) bond motifs is 2. The number of urea groups is 1. The highest BCUT2D eigenvalue weighted by atomic mass is 16.3. The van der Waals surface area contributed by atoms with E-state index >= 15 is 0 Å². The van der Waals surface area contributed by atoms with Gasteiger partial charge in [-0.25, -0.2) is 4.79 Å². The van der Waals surface area contributed by atoms with Crippen LogP contribution in [0, 0.1) is 5.41 Å². The lowest BCUT2D eigenvalue weighted by Gasteiger charge is -2.47. The van der Waals surface area contributed by atoms with Crippen LogP contribution in [0.4, 0.5) is 4.79 Å². The highest BCUT2D eigenvalue weighted by molar-refractivity contribution is 5.74. The first kappa shape index (κ1) is 18.5. The topological polar surface area (TPSA) is 55.8 Å². The molecule has 0 aliphatic carbocycles. The molecular formula is C18H35N3O2. The van der Waals surface area contributed by atoms with Crippen LogP contribution in [0.1, 0.15) is 59.3 Å². The number of amides is 2. The third-order valence-corrected chi connectivity index (χ3v) is 5.21. The second-order valence-electron chi connectivity index (χ2n) is 8.58. The van der Waals surface area contributed by atoms with Crippen molar-refractivity contribution >= 4 is 6.03 Å². The molecule has 5 nitrogen and oxygen atoms in total. The van der Waals surface area contributed by atoms with Crippen LogP contribution >= 0.6 is 0 Å². The van der Waals surface area contributed by atoms with Gasteiger partial charge in [0.2, 0.25) is 0 Å². The Hall–Kier alpha value is -0.810. The Bertz CT molecular complexity index is 380. The van der Waals surface area contributed by atoms with Crippen molar-refractivity contribution in [2.24, 2.45) is 5.41 Å². The maximum atomic E-state index is 12.7. The van der Waals surface area contributed by atoms with E-state index in [1.54, 1.807) is 0 Å². The first-order valence-corrected chi connectivity index (χ1v) is 9.18. The van der Waals surface area contributed by atoms with Gasteiger partial charge in [-0.15, -0.1) is 0 Å². The van der Waals surface area contributed by atoms with Gasteiger partial charge in [-0.3, -0.25) is 0 Å². The van der Waals surface area contributed by atoms with Crippen LogP contribution in [0.3, 0.4) is 0 Å². The van der Waals surface area contributed by atoms with Gasteiger partial charge in [0.15, 0.2) is 0 Å². The third-order valence-electron chi connectivity index (χ3n) is 5.21. The molecule has 2 heterocycles. The molecule has 5 heteroatoms. The predicted molar refractivity (Wildman–Crippen MR) is 93.5 cm³/mol. The summed E-state index contributed by atoms with van der Waals surface area (Å²) in [6.45, 7) is 7.91. The smallest absolute Gasteiger partial charge is 0.317 e. The molecule has 0 aromatic rings.